The maximum atomic E-state index is 2.43. The minimum Gasteiger partial charge on any atom is -0.310 e. The van der Waals surface area contributed by atoms with Crippen LogP contribution in [0.4, 0.5) is 17.1 Å². The Kier molecular flexibility index (Phi) is 8.76. The molecule has 0 aliphatic heterocycles. The van der Waals surface area contributed by atoms with E-state index in [1.54, 1.807) is 0 Å². The lowest BCUT2D eigenvalue weighted by Crippen LogP contribution is -2.10. The summed E-state index contributed by atoms with van der Waals surface area (Å²) in [5, 5.41) is 10.1. The van der Waals surface area contributed by atoms with Crippen LogP contribution in [0.15, 0.2) is 237 Å². The van der Waals surface area contributed by atoms with Crippen LogP contribution in [-0.2, 0) is 0 Å². The van der Waals surface area contributed by atoms with Gasteiger partial charge in [-0.15, -0.1) is 11.3 Å². The topological polar surface area (TPSA) is 3.24 Å². The van der Waals surface area contributed by atoms with Gasteiger partial charge < -0.3 is 4.90 Å². The van der Waals surface area contributed by atoms with Gasteiger partial charge in [-0.1, -0.05) is 182 Å². The summed E-state index contributed by atoms with van der Waals surface area (Å²) in [6.07, 6.45) is 0. The SMILES string of the molecule is c1ccc(-c2c(-c3ccccc3)c3cc(N(c4ccc(-c5ccc(-c6ccc7ccccc7c6)cc5)cc4)c4ccc5sc6ccccc6c5c4)ccc3c3ccccc23)cc1. The van der Waals surface area contributed by atoms with Crippen molar-refractivity contribution in [3.05, 3.63) is 237 Å². The summed E-state index contributed by atoms with van der Waals surface area (Å²) in [6, 6.07) is 86.8. The summed E-state index contributed by atoms with van der Waals surface area (Å²) in [5.74, 6) is 0. The summed E-state index contributed by atoms with van der Waals surface area (Å²) >= 11 is 1.86. The van der Waals surface area contributed by atoms with Crippen LogP contribution in [-0.4, -0.2) is 0 Å². The number of rotatable bonds is 7. The Bertz CT molecular complexity index is 3610. The second kappa shape index (κ2) is 15.0. The van der Waals surface area contributed by atoms with Crippen molar-refractivity contribution >= 4 is 80.9 Å². The highest BCUT2D eigenvalue weighted by molar-refractivity contribution is 7.25. The number of anilines is 3. The molecule has 0 aliphatic rings. The molecule has 0 N–H and O–H groups in total. The Labute approximate surface area is 365 Å². The standard InChI is InChI=1S/C60H39NS/c1-3-14-44(15-4-1)59-54-21-10-9-19-51(54)52-35-33-49(39-56(52)60(59)45-16-5-2-6-17-45)61(50-34-36-58-55(38-50)53-20-11-12-22-57(53)62-58)48-31-29-42(30-32-48)41-23-25-43(26-24-41)47-28-27-40-13-7-8-18-46(40)37-47/h1-39H. The van der Waals surface area contributed by atoms with Gasteiger partial charge in [-0.05, 0) is 131 Å². The molecule has 0 amide bonds. The second-order valence-corrected chi connectivity index (χ2v) is 17.1. The number of fused-ring (bicyclic) bond motifs is 7. The molecule has 0 aliphatic carbocycles. The van der Waals surface area contributed by atoms with Gasteiger partial charge in [-0.3, -0.25) is 0 Å². The Morgan fingerprint density at radius 3 is 1.42 bits per heavy atom. The third-order valence-corrected chi connectivity index (χ3v) is 13.6. The monoisotopic (exact) mass is 805 g/mol. The van der Waals surface area contributed by atoms with Gasteiger partial charge in [-0.25, -0.2) is 0 Å². The maximum Gasteiger partial charge on any atom is 0.0468 e. The molecule has 0 spiro atoms. The molecule has 1 heterocycles. The van der Waals surface area contributed by atoms with Crippen LogP contribution >= 0.6 is 11.3 Å². The zero-order chi connectivity index (χ0) is 41.0. The number of thiophene rings is 1. The lowest BCUT2D eigenvalue weighted by Gasteiger charge is -2.27. The largest absolute Gasteiger partial charge is 0.310 e. The van der Waals surface area contributed by atoms with Crippen LogP contribution in [0.5, 0.6) is 0 Å². The zero-order valence-corrected chi connectivity index (χ0v) is 34.7. The van der Waals surface area contributed by atoms with Gasteiger partial charge in [0, 0.05) is 37.2 Å². The van der Waals surface area contributed by atoms with E-state index in [1.807, 2.05) is 11.3 Å². The first-order chi connectivity index (χ1) is 30.7. The van der Waals surface area contributed by atoms with E-state index in [2.05, 4.69) is 241 Å². The predicted octanol–water partition coefficient (Wildman–Crippen LogP) is 17.7. The Hall–Kier alpha value is -7.78. The van der Waals surface area contributed by atoms with Crippen LogP contribution in [0, 0.1) is 0 Å². The summed E-state index contributed by atoms with van der Waals surface area (Å²) in [5.41, 5.74) is 13.1. The average molecular weight is 806 g/mol. The fourth-order valence-corrected chi connectivity index (χ4v) is 10.5. The second-order valence-electron chi connectivity index (χ2n) is 16.1. The molecule has 12 rings (SSSR count). The summed E-state index contributed by atoms with van der Waals surface area (Å²) in [6.45, 7) is 0. The molecular formula is C60H39NS. The van der Waals surface area contributed by atoms with Crippen molar-refractivity contribution < 1.29 is 0 Å². The third kappa shape index (κ3) is 6.24. The molecule has 12 aromatic rings. The lowest BCUT2D eigenvalue weighted by molar-refractivity contribution is 1.30. The van der Waals surface area contributed by atoms with E-state index >= 15 is 0 Å². The van der Waals surface area contributed by atoms with Gasteiger partial charge in [0.05, 0.1) is 0 Å². The zero-order valence-electron chi connectivity index (χ0n) is 33.9. The summed E-state index contributed by atoms with van der Waals surface area (Å²) in [4.78, 5) is 2.43. The molecule has 290 valence electrons. The Morgan fingerprint density at radius 2 is 0.710 bits per heavy atom. The number of benzene rings is 11. The minimum absolute atomic E-state index is 1.10. The molecule has 0 bridgehead atoms. The molecule has 0 atom stereocenters. The molecule has 0 saturated heterocycles. The van der Waals surface area contributed by atoms with E-state index in [0.29, 0.717) is 0 Å². The van der Waals surface area contributed by atoms with E-state index in [-0.39, 0.29) is 0 Å². The Morgan fingerprint density at radius 1 is 0.242 bits per heavy atom. The highest BCUT2D eigenvalue weighted by Gasteiger charge is 2.21. The van der Waals surface area contributed by atoms with Gasteiger partial charge in [0.15, 0.2) is 0 Å². The van der Waals surface area contributed by atoms with Crippen molar-refractivity contribution in [1.29, 1.82) is 0 Å². The molecule has 0 unspecified atom stereocenters. The highest BCUT2D eigenvalue weighted by Crippen LogP contribution is 2.47. The van der Waals surface area contributed by atoms with E-state index in [4.69, 9.17) is 0 Å². The van der Waals surface area contributed by atoms with E-state index in [9.17, 15) is 0 Å². The van der Waals surface area contributed by atoms with E-state index < -0.39 is 0 Å². The molecule has 62 heavy (non-hydrogen) atoms. The molecule has 11 aromatic carbocycles. The number of hydrogen-bond donors (Lipinski definition) is 0. The molecule has 1 aromatic heterocycles. The van der Waals surface area contributed by atoms with Crippen molar-refractivity contribution in [2.24, 2.45) is 0 Å². The molecule has 0 saturated carbocycles. The minimum atomic E-state index is 1.10. The van der Waals surface area contributed by atoms with Gasteiger partial charge in [0.2, 0.25) is 0 Å². The molecule has 0 radical (unpaired) electrons. The van der Waals surface area contributed by atoms with Crippen LogP contribution in [0.2, 0.25) is 0 Å². The first-order valence-electron chi connectivity index (χ1n) is 21.2. The van der Waals surface area contributed by atoms with Crippen LogP contribution in [0.25, 0.3) is 97.0 Å². The third-order valence-electron chi connectivity index (χ3n) is 12.4. The summed E-state index contributed by atoms with van der Waals surface area (Å²) in [7, 11) is 0. The van der Waals surface area contributed by atoms with Gasteiger partial charge in [0.25, 0.3) is 0 Å². The predicted molar refractivity (Wildman–Crippen MR) is 268 cm³/mol. The normalized spacial score (nSPS) is 11.5. The quantitative estimate of drug-likeness (QED) is 0.145. The van der Waals surface area contributed by atoms with Crippen molar-refractivity contribution in [3.63, 3.8) is 0 Å². The maximum absolute atomic E-state index is 2.43. The van der Waals surface area contributed by atoms with Crippen LogP contribution in [0.3, 0.4) is 0 Å². The molecule has 0 fully saturated rings. The lowest BCUT2D eigenvalue weighted by atomic mass is 9.85. The number of nitrogens with zero attached hydrogens (tertiary/aromatic N) is 1. The molecular weight excluding hydrogens is 767 g/mol. The molecule has 2 heteroatoms. The van der Waals surface area contributed by atoms with Crippen LogP contribution < -0.4 is 4.90 Å². The summed E-state index contributed by atoms with van der Waals surface area (Å²) < 4.78 is 2.60. The van der Waals surface area contributed by atoms with E-state index in [1.165, 1.54) is 97.0 Å². The molecule has 1 nitrogen and oxygen atoms in total. The van der Waals surface area contributed by atoms with Gasteiger partial charge in [0.1, 0.15) is 0 Å². The Balaban J connectivity index is 1.03. The van der Waals surface area contributed by atoms with Crippen molar-refractivity contribution in [2.45, 2.75) is 0 Å². The van der Waals surface area contributed by atoms with Crippen molar-refractivity contribution in [3.8, 4) is 44.5 Å². The highest BCUT2D eigenvalue weighted by atomic mass is 32.1. The van der Waals surface area contributed by atoms with Crippen molar-refractivity contribution in [2.75, 3.05) is 4.90 Å². The fourth-order valence-electron chi connectivity index (χ4n) is 9.45. The van der Waals surface area contributed by atoms with Gasteiger partial charge >= 0.3 is 0 Å². The number of hydrogen-bond acceptors (Lipinski definition) is 2. The van der Waals surface area contributed by atoms with Gasteiger partial charge in [-0.2, -0.15) is 0 Å². The first-order valence-corrected chi connectivity index (χ1v) is 22.1. The average Bonchev–Trinajstić information content (AvgIpc) is 3.72. The fraction of sp³-hybridized carbons (Fsp3) is 0. The van der Waals surface area contributed by atoms with Crippen LogP contribution in [0.1, 0.15) is 0 Å². The van der Waals surface area contributed by atoms with Crippen molar-refractivity contribution in [1.82, 2.24) is 0 Å². The first kappa shape index (κ1) is 36.1. The smallest absolute Gasteiger partial charge is 0.0468 e. The van der Waals surface area contributed by atoms with E-state index in [0.717, 1.165) is 17.1 Å².